The lowest BCUT2D eigenvalue weighted by atomic mass is 10.1. The third-order valence-corrected chi connectivity index (χ3v) is 3.41. The minimum Gasteiger partial charge on any atom is -0.383 e. The van der Waals surface area contributed by atoms with Crippen molar-refractivity contribution in [3.63, 3.8) is 0 Å². The molecule has 1 amide bonds. The van der Waals surface area contributed by atoms with Gasteiger partial charge < -0.3 is 15.1 Å². The van der Waals surface area contributed by atoms with E-state index in [0.29, 0.717) is 19.2 Å². The van der Waals surface area contributed by atoms with Crippen LogP contribution in [0.1, 0.15) is 28.8 Å². The highest BCUT2D eigenvalue weighted by Crippen LogP contribution is 2.29. The standard InChI is InChI=1S/C14H21N3O2/c1-10-9-11(16-15)3-6-13(10)14(18)17(7-8-19-2)12-4-5-12/h3,6,9,12,16H,4-5,7-8,15H2,1-2H3. The average molecular weight is 263 g/mol. The SMILES string of the molecule is COCCN(C(=O)c1ccc(NN)cc1C)C1CC1. The quantitative estimate of drug-likeness (QED) is 0.603. The highest BCUT2D eigenvalue weighted by molar-refractivity contribution is 5.96. The van der Waals surface area contributed by atoms with Gasteiger partial charge in [0.05, 0.1) is 6.61 Å². The van der Waals surface area contributed by atoms with Crippen LogP contribution in [-0.2, 0) is 4.74 Å². The molecule has 0 bridgehead atoms. The maximum atomic E-state index is 12.6. The fourth-order valence-corrected chi connectivity index (χ4v) is 2.17. The number of rotatable bonds is 6. The second-order valence-electron chi connectivity index (χ2n) is 4.90. The Morgan fingerprint density at radius 3 is 2.79 bits per heavy atom. The van der Waals surface area contributed by atoms with Crippen molar-refractivity contribution >= 4 is 11.6 Å². The molecule has 0 saturated heterocycles. The molecule has 0 aromatic heterocycles. The molecule has 1 aliphatic carbocycles. The van der Waals surface area contributed by atoms with E-state index in [1.54, 1.807) is 7.11 Å². The van der Waals surface area contributed by atoms with Crippen LogP contribution in [0.15, 0.2) is 18.2 Å². The smallest absolute Gasteiger partial charge is 0.254 e. The maximum Gasteiger partial charge on any atom is 0.254 e. The molecule has 1 aromatic carbocycles. The molecule has 0 aliphatic heterocycles. The topological polar surface area (TPSA) is 67.6 Å². The number of amides is 1. The third kappa shape index (κ3) is 3.24. The van der Waals surface area contributed by atoms with Crippen LogP contribution in [0.2, 0.25) is 0 Å². The Bertz CT molecular complexity index is 458. The minimum atomic E-state index is 0.0839. The number of carbonyl (C=O) groups excluding carboxylic acids is 1. The van der Waals surface area contributed by atoms with Gasteiger partial charge in [-0.05, 0) is 43.5 Å². The summed E-state index contributed by atoms with van der Waals surface area (Å²) >= 11 is 0. The highest BCUT2D eigenvalue weighted by Gasteiger charge is 2.33. The van der Waals surface area contributed by atoms with Gasteiger partial charge in [0.15, 0.2) is 0 Å². The summed E-state index contributed by atoms with van der Waals surface area (Å²) in [6.07, 6.45) is 2.19. The Hall–Kier alpha value is -1.59. The normalized spacial score (nSPS) is 14.3. The lowest BCUT2D eigenvalue weighted by molar-refractivity contribution is 0.0679. The molecule has 0 atom stereocenters. The van der Waals surface area contributed by atoms with Crippen molar-refractivity contribution in [2.75, 3.05) is 25.7 Å². The van der Waals surface area contributed by atoms with Gasteiger partial charge in [0, 0.05) is 30.9 Å². The number of nitrogens with two attached hydrogens (primary N) is 1. The molecule has 0 radical (unpaired) electrons. The number of carbonyl (C=O) groups is 1. The molecule has 0 unspecified atom stereocenters. The summed E-state index contributed by atoms with van der Waals surface area (Å²) in [5.41, 5.74) is 5.07. The number of methoxy groups -OCH3 is 1. The molecule has 5 nitrogen and oxygen atoms in total. The summed E-state index contributed by atoms with van der Waals surface area (Å²) in [4.78, 5) is 14.5. The number of ether oxygens (including phenoxy) is 1. The van der Waals surface area contributed by atoms with Gasteiger partial charge >= 0.3 is 0 Å². The predicted molar refractivity (Wildman–Crippen MR) is 74.9 cm³/mol. The molecule has 5 heteroatoms. The molecule has 2 rings (SSSR count). The van der Waals surface area contributed by atoms with Gasteiger partial charge in [0.1, 0.15) is 0 Å². The fourth-order valence-electron chi connectivity index (χ4n) is 2.17. The van der Waals surface area contributed by atoms with E-state index in [0.717, 1.165) is 29.7 Å². The molecule has 0 heterocycles. The van der Waals surface area contributed by atoms with E-state index in [1.807, 2.05) is 30.0 Å². The number of nitrogens with zero attached hydrogens (tertiary/aromatic N) is 1. The van der Waals surface area contributed by atoms with Gasteiger partial charge in [0.2, 0.25) is 0 Å². The summed E-state index contributed by atoms with van der Waals surface area (Å²) in [6, 6.07) is 5.92. The minimum absolute atomic E-state index is 0.0839. The van der Waals surface area contributed by atoms with Gasteiger partial charge in [-0.15, -0.1) is 0 Å². The van der Waals surface area contributed by atoms with Crippen molar-refractivity contribution in [1.29, 1.82) is 0 Å². The summed E-state index contributed by atoms with van der Waals surface area (Å²) < 4.78 is 5.08. The van der Waals surface area contributed by atoms with Crippen molar-refractivity contribution in [3.05, 3.63) is 29.3 Å². The van der Waals surface area contributed by atoms with Crippen LogP contribution >= 0.6 is 0 Å². The van der Waals surface area contributed by atoms with Crippen molar-refractivity contribution in [2.45, 2.75) is 25.8 Å². The van der Waals surface area contributed by atoms with Gasteiger partial charge in [0.25, 0.3) is 5.91 Å². The summed E-state index contributed by atoms with van der Waals surface area (Å²) in [5.74, 6) is 5.45. The van der Waals surface area contributed by atoms with Crippen LogP contribution in [0.3, 0.4) is 0 Å². The molecular weight excluding hydrogens is 242 g/mol. The van der Waals surface area contributed by atoms with Crippen LogP contribution < -0.4 is 11.3 Å². The largest absolute Gasteiger partial charge is 0.383 e. The molecule has 1 fully saturated rings. The fraction of sp³-hybridized carbons (Fsp3) is 0.500. The summed E-state index contributed by atoms with van der Waals surface area (Å²) in [5, 5.41) is 0. The second-order valence-corrected chi connectivity index (χ2v) is 4.90. The van der Waals surface area contributed by atoms with Gasteiger partial charge in [-0.3, -0.25) is 10.6 Å². The third-order valence-electron chi connectivity index (χ3n) is 3.41. The van der Waals surface area contributed by atoms with Crippen LogP contribution in [0.25, 0.3) is 0 Å². The number of hydrogen-bond acceptors (Lipinski definition) is 4. The molecule has 3 N–H and O–H groups in total. The zero-order valence-electron chi connectivity index (χ0n) is 11.5. The Morgan fingerprint density at radius 2 is 2.26 bits per heavy atom. The monoisotopic (exact) mass is 263 g/mol. The van der Waals surface area contributed by atoms with E-state index in [2.05, 4.69) is 5.43 Å². The molecule has 1 saturated carbocycles. The Morgan fingerprint density at radius 1 is 1.53 bits per heavy atom. The van der Waals surface area contributed by atoms with Crippen molar-refractivity contribution in [2.24, 2.45) is 5.84 Å². The number of nitrogen functional groups attached to an aromatic ring is 1. The summed E-state index contributed by atoms with van der Waals surface area (Å²) in [7, 11) is 1.66. The second kappa shape index (κ2) is 6.04. The van der Waals surface area contributed by atoms with E-state index in [9.17, 15) is 4.79 Å². The lowest BCUT2D eigenvalue weighted by Crippen LogP contribution is -2.36. The molecule has 104 valence electrons. The first-order valence-corrected chi connectivity index (χ1v) is 6.54. The molecule has 0 spiro atoms. The average Bonchev–Trinajstić information content (AvgIpc) is 3.23. The molecule has 1 aromatic rings. The van der Waals surface area contributed by atoms with Crippen LogP contribution in [0.4, 0.5) is 5.69 Å². The first kappa shape index (κ1) is 13.8. The van der Waals surface area contributed by atoms with Crippen LogP contribution in [0, 0.1) is 6.92 Å². The lowest BCUT2D eigenvalue weighted by Gasteiger charge is -2.23. The summed E-state index contributed by atoms with van der Waals surface area (Å²) in [6.45, 7) is 3.15. The Balaban J connectivity index is 2.16. The van der Waals surface area contributed by atoms with Crippen molar-refractivity contribution < 1.29 is 9.53 Å². The number of benzene rings is 1. The van der Waals surface area contributed by atoms with Gasteiger partial charge in [-0.2, -0.15) is 0 Å². The van der Waals surface area contributed by atoms with Crippen molar-refractivity contribution in [1.82, 2.24) is 4.90 Å². The number of anilines is 1. The van der Waals surface area contributed by atoms with Crippen LogP contribution in [-0.4, -0.2) is 37.1 Å². The molecular formula is C14H21N3O2. The Kier molecular flexibility index (Phi) is 4.39. The first-order chi connectivity index (χ1) is 9.17. The molecule has 1 aliphatic rings. The van der Waals surface area contributed by atoms with Gasteiger partial charge in [-0.1, -0.05) is 0 Å². The van der Waals surface area contributed by atoms with E-state index in [1.165, 1.54) is 0 Å². The number of nitrogens with one attached hydrogen (secondary N) is 1. The number of hydrogen-bond donors (Lipinski definition) is 2. The number of hydrazine groups is 1. The van der Waals surface area contributed by atoms with Crippen molar-refractivity contribution in [3.8, 4) is 0 Å². The van der Waals surface area contributed by atoms with Gasteiger partial charge in [-0.25, -0.2) is 0 Å². The van der Waals surface area contributed by atoms with Crippen LogP contribution in [0.5, 0.6) is 0 Å². The van der Waals surface area contributed by atoms with E-state index >= 15 is 0 Å². The molecule has 19 heavy (non-hydrogen) atoms. The predicted octanol–water partition coefficient (Wildman–Crippen LogP) is 1.53. The maximum absolute atomic E-state index is 12.6. The van der Waals surface area contributed by atoms with E-state index < -0.39 is 0 Å². The Labute approximate surface area is 113 Å². The zero-order chi connectivity index (χ0) is 13.8. The van der Waals surface area contributed by atoms with E-state index in [-0.39, 0.29) is 5.91 Å². The highest BCUT2D eigenvalue weighted by atomic mass is 16.5. The number of aryl methyl sites for hydroxylation is 1. The zero-order valence-corrected chi connectivity index (χ0v) is 11.5. The van der Waals surface area contributed by atoms with E-state index in [4.69, 9.17) is 10.6 Å². The first-order valence-electron chi connectivity index (χ1n) is 6.54.